The zero-order valence-electron chi connectivity index (χ0n) is 6.04. The fourth-order valence-corrected chi connectivity index (χ4v) is 0.454. The molecule has 1 aromatic carbocycles. The molecular weight excluding hydrogens is 203 g/mol. The zero-order valence-corrected chi connectivity index (χ0v) is 9.16. The molecule has 0 fully saturated rings. The molecule has 0 amide bonds. The van der Waals surface area contributed by atoms with Gasteiger partial charge in [-0.3, -0.25) is 8.78 Å². The van der Waals surface area contributed by atoms with E-state index in [1.807, 2.05) is 0 Å². The second-order valence-corrected chi connectivity index (χ2v) is 1.59. The van der Waals surface area contributed by atoms with E-state index < -0.39 is 23.3 Å². The van der Waals surface area contributed by atoms with Crippen LogP contribution in [0.2, 0.25) is 0 Å². The first-order valence-electron chi connectivity index (χ1n) is 2.33. The Morgan fingerprint density at radius 1 is 0.917 bits per heavy atom. The summed E-state index contributed by atoms with van der Waals surface area (Å²) in [4.78, 5) is 0. The molecule has 0 aliphatic carbocycles. The van der Waals surface area contributed by atoms with Crippen LogP contribution in [0, 0.1) is 29.3 Å². The molecule has 1 rings (SSSR count). The van der Waals surface area contributed by atoms with Crippen LogP contribution in [0.15, 0.2) is 6.07 Å². The SMILES string of the molecule is Fc1[c-]c(F)c(F)cc1F.[K+].[OH-]. The minimum atomic E-state index is -1.51. The molecule has 1 nitrogen and oxygen atoms in total. The zero-order chi connectivity index (χ0) is 7.72. The summed E-state index contributed by atoms with van der Waals surface area (Å²) in [5, 5.41) is 0. The first-order chi connectivity index (χ1) is 4.61. The van der Waals surface area contributed by atoms with Gasteiger partial charge in [0.25, 0.3) is 0 Å². The Morgan fingerprint density at radius 3 is 1.50 bits per heavy atom. The normalized spacial score (nSPS) is 8.33. The Bertz CT molecular complexity index is 216. The fourth-order valence-electron chi connectivity index (χ4n) is 0.454. The van der Waals surface area contributed by atoms with Gasteiger partial charge < -0.3 is 5.48 Å². The minimum absolute atomic E-state index is 0. The van der Waals surface area contributed by atoms with Crippen molar-refractivity contribution in [3.05, 3.63) is 35.4 Å². The Hall–Kier alpha value is 0.536. The van der Waals surface area contributed by atoms with E-state index in [1.165, 1.54) is 6.07 Å². The van der Waals surface area contributed by atoms with Crippen LogP contribution in [-0.4, -0.2) is 5.48 Å². The van der Waals surface area contributed by atoms with E-state index in [-0.39, 0.29) is 62.9 Å². The van der Waals surface area contributed by atoms with Crippen molar-refractivity contribution in [2.45, 2.75) is 0 Å². The van der Waals surface area contributed by atoms with Gasteiger partial charge in [0, 0.05) is 23.3 Å². The summed E-state index contributed by atoms with van der Waals surface area (Å²) >= 11 is 0. The topological polar surface area (TPSA) is 30.0 Å². The first-order valence-corrected chi connectivity index (χ1v) is 2.33. The van der Waals surface area contributed by atoms with Gasteiger partial charge in [-0.2, -0.15) is 0 Å². The summed E-state index contributed by atoms with van der Waals surface area (Å²) in [6.07, 6.45) is 0. The third-order valence-electron chi connectivity index (χ3n) is 0.892. The quantitative estimate of drug-likeness (QED) is 0.228. The van der Waals surface area contributed by atoms with Crippen LogP contribution in [0.3, 0.4) is 0 Å². The molecule has 12 heavy (non-hydrogen) atoms. The summed E-state index contributed by atoms with van der Waals surface area (Å²) in [5.74, 6) is -5.92. The van der Waals surface area contributed by atoms with E-state index in [0.717, 1.165) is 0 Å². The van der Waals surface area contributed by atoms with Crippen molar-refractivity contribution < 1.29 is 74.4 Å². The van der Waals surface area contributed by atoms with E-state index in [1.54, 1.807) is 0 Å². The van der Waals surface area contributed by atoms with Crippen LogP contribution in [-0.2, 0) is 0 Å². The molecule has 6 heteroatoms. The number of hydrogen-bond donors (Lipinski definition) is 0. The van der Waals surface area contributed by atoms with Gasteiger partial charge >= 0.3 is 51.4 Å². The van der Waals surface area contributed by atoms with Crippen LogP contribution in [0.4, 0.5) is 17.6 Å². The monoisotopic (exact) mass is 205 g/mol. The summed E-state index contributed by atoms with van der Waals surface area (Å²) < 4.78 is 47.7. The van der Waals surface area contributed by atoms with Gasteiger partial charge in [0.2, 0.25) is 0 Å². The summed E-state index contributed by atoms with van der Waals surface area (Å²) in [6.45, 7) is 0. The molecule has 0 heterocycles. The van der Waals surface area contributed by atoms with Crippen LogP contribution in [0.1, 0.15) is 0 Å². The maximum Gasteiger partial charge on any atom is 1.00 e. The Morgan fingerprint density at radius 2 is 1.25 bits per heavy atom. The van der Waals surface area contributed by atoms with Crippen LogP contribution < -0.4 is 51.4 Å². The van der Waals surface area contributed by atoms with Crippen LogP contribution in [0.25, 0.3) is 0 Å². The van der Waals surface area contributed by atoms with E-state index in [4.69, 9.17) is 0 Å². The average Bonchev–Trinajstić information content (AvgIpc) is 1.84. The van der Waals surface area contributed by atoms with Crippen LogP contribution >= 0.6 is 0 Å². The van der Waals surface area contributed by atoms with Crippen molar-refractivity contribution in [1.82, 2.24) is 0 Å². The summed E-state index contributed by atoms with van der Waals surface area (Å²) in [5.41, 5.74) is 0. The summed E-state index contributed by atoms with van der Waals surface area (Å²) in [6, 6.07) is 1.35. The molecule has 62 valence electrons. The van der Waals surface area contributed by atoms with Crippen molar-refractivity contribution in [2.24, 2.45) is 0 Å². The second-order valence-electron chi connectivity index (χ2n) is 1.59. The largest absolute Gasteiger partial charge is 1.00 e. The van der Waals surface area contributed by atoms with Crippen molar-refractivity contribution in [3.8, 4) is 0 Å². The molecule has 0 aromatic heterocycles. The molecule has 0 bridgehead atoms. The number of hydrogen-bond acceptors (Lipinski definition) is 1. The van der Waals surface area contributed by atoms with Gasteiger partial charge in [-0.05, 0) is 0 Å². The summed E-state index contributed by atoms with van der Waals surface area (Å²) in [7, 11) is 0. The minimum Gasteiger partial charge on any atom is -0.870 e. The smallest absolute Gasteiger partial charge is 0.870 e. The van der Waals surface area contributed by atoms with E-state index in [9.17, 15) is 17.6 Å². The molecule has 1 aromatic rings. The van der Waals surface area contributed by atoms with Gasteiger partial charge in [0.15, 0.2) is 0 Å². The number of halogens is 4. The molecular formula is C6H2F4KO-. The predicted molar refractivity (Wildman–Crippen MR) is 27.0 cm³/mol. The van der Waals surface area contributed by atoms with Crippen molar-refractivity contribution in [3.63, 3.8) is 0 Å². The van der Waals surface area contributed by atoms with Gasteiger partial charge in [-0.15, -0.1) is 6.07 Å². The molecule has 0 saturated heterocycles. The van der Waals surface area contributed by atoms with Gasteiger partial charge in [0.05, 0.1) is 0 Å². The molecule has 0 radical (unpaired) electrons. The maximum atomic E-state index is 11.9. The van der Waals surface area contributed by atoms with Gasteiger partial charge in [-0.1, -0.05) is 6.07 Å². The fraction of sp³-hybridized carbons (Fsp3) is 0. The number of benzene rings is 1. The standard InChI is InChI=1S/C6HF4.K.H2O/c7-3-1-4(8)6(10)2-5(3)9;;/h1H;;1H2/q-1;+1;/p-1. The van der Waals surface area contributed by atoms with Gasteiger partial charge in [0.1, 0.15) is 0 Å². The maximum absolute atomic E-state index is 11.9. The Kier molecular flexibility index (Phi) is 7.59. The van der Waals surface area contributed by atoms with E-state index in [0.29, 0.717) is 0 Å². The molecule has 0 unspecified atom stereocenters. The van der Waals surface area contributed by atoms with E-state index in [2.05, 4.69) is 0 Å². The predicted octanol–water partition coefficient (Wildman–Crippen LogP) is -1.13. The van der Waals surface area contributed by atoms with Crippen molar-refractivity contribution in [2.75, 3.05) is 0 Å². The number of rotatable bonds is 0. The average molecular weight is 205 g/mol. The van der Waals surface area contributed by atoms with Crippen LogP contribution in [0.5, 0.6) is 0 Å². The molecule has 0 aliphatic rings. The second kappa shape index (κ2) is 6.06. The van der Waals surface area contributed by atoms with E-state index >= 15 is 0 Å². The molecule has 0 saturated carbocycles. The first kappa shape index (κ1) is 15.0. The molecule has 0 aliphatic heterocycles. The molecule has 0 spiro atoms. The molecule has 1 N–H and O–H groups in total. The Balaban J connectivity index is 0. The third-order valence-corrected chi connectivity index (χ3v) is 0.892. The van der Waals surface area contributed by atoms with Crippen molar-refractivity contribution in [1.29, 1.82) is 0 Å². The molecule has 0 atom stereocenters. The third kappa shape index (κ3) is 3.50. The Labute approximate surface area is 108 Å². The van der Waals surface area contributed by atoms with Crippen molar-refractivity contribution >= 4 is 0 Å². The van der Waals surface area contributed by atoms with Gasteiger partial charge in [-0.25, -0.2) is 8.78 Å².